The highest BCUT2D eigenvalue weighted by atomic mass is 35.5. The summed E-state index contributed by atoms with van der Waals surface area (Å²) >= 11 is 0. The van der Waals surface area contributed by atoms with Crippen LogP contribution < -0.4 is 16.0 Å². The molecule has 0 aromatic heterocycles. The molecule has 26 heavy (non-hydrogen) atoms. The molecule has 3 N–H and O–H groups in total. The number of nitrogens with zero attached hydrogens (tertiary/aromatic N) is 1. The van der Waals surface area contributed by atoms with Gasteiger partial charge in [-0.25, -0.2) is 0 Å². The Labute approximate surface area is 159 Å². The highest BCUT2D eigenvalue weighted by Crippen LogP contribution is 2.39. The summed E-state index contributed by atoms with van der Waals surface area (Å²) in [7, 11) is 0. The minimum Gasteiger partial charge on any atom is -0.355 e. The summed E-state index contributed by atoms with van der Waals surface area (Å²) in [6, 6.07) is 14.6. The Kier molecular flexibility index (Phi) is 5.30. The fraction of sp³-hybridized carbons (Fsp3) is 0.300. The number of hydrogen-bond acceptors (Lipinski definition) is 3. The van der Waals surface area contributed by atoms with E-state index in [0.29, 0.717) is 19.6 Å². The number of nitrogens with one attached hydrogen (secondary N) is 1. The minimum atomic E-state index is -0.301. The van der Waals surface area contributed by atoms with E-state index >= 15 is 0 Å². The van der Waals surface area contributed by atoms with Crippen LogP contribution >= 0.6 is 12.4 Å². The monoisotopic (exact) mass is 371 g/mol. The zero-order chi connectivity index (χ0) is 17.4. The van der Waals surface area contributed by atoms with Gasteiger partial charge < -0.3 is 16.0 Å². The van der Waals surface area contributed by atoms with Crippen LogP contribution in [0, 0.1) is 5.92 Å². The minimum absolute atomic E-state index is 0. The molecule has 2 amide bonds. The average Bonchev–Trinajstić information content (AvgIpc) is 3.19. The first-order valence-corrected chi connectivity index (χ1v) is 8.66. The number of carbonyl (C=O) groups is 2. The van der Waals surface area contributed by atoms with Gasteiger partial charge in [0.15, 0.2) is 0 Å². The molecule has 136 valence electrons. The maximum atomic E-state index is 12.4. The molecule has 0 bridgehead atoms. The van der Waals surface area contributed by atoms with Crippen LogP contribution in [0.1, 0.15) is 17.5 Å². The Morgan fingerprint density at radius 1 is 1.15 bits per heavy atom. The molecule has 2 aliphatic rings. The van der Waals surface area contributed by atoms with Crippen molar-refractivity contribution in [1.82, 2.24) is 5.32 Å². The van der Waals surface area contributed by atoms with Gasteiger partial charge in [0.05, 0.1) is 5.92 Å². The van der Waals surface area contributed by atoms with Crippen molar-refractivity contribution in [3.05, 3.63) is 53.6 Å². The van der Waals surface area contributed by atoms with Gasteiger partial charge in [-0.3, -0.25) is 9.59 Å². The second kappa shape index (κ2) is 7.48. The van der Waals surface area contributed by atoms with E-state index in [1.807, 2.05) is 6.07 Å². The quantitative estimate of drug-likeness (QED) is 0.737. The van der Waals surface area contributed by atoms with Gasteiger partial charge in [-0.05, 0) is 40.8 Å². The SMILES string of the molecule is Cl.NCCNC(=O)C1CC(=O)N(c2ccc3c(c2)Cc2ccccc2-3)C1. The van der Waals surface area contributed by atoms with Gasteiger partial charge in [0.2, 0.25) is 11.8 Å². The molecule has 1 fully saturated rings. The maximum absolute atomic E-state index is 12.4. The zero-order valence-corrected chi connectivity index (χ0v) is 15.2. The topological polar surface area (TPSA) is 75.4 Å². The predicted molar refractivity (Wildman–Crippen MR) is 104 cm³/mol. The lowest BCUT2D eigenvalue weighted by Crippen LogP contribution is -2.35. The highest BCUT2D eigenvalue weighted by molar-refractivity contribution is 6.00. The van der Waals surface area contributed by atoms with Crippen molar-refractivity contribution in [3.8, 4) is 11.1 Å². The Morgan fingerprint density at radius 2 is 1.92 bits per heavy atom. The summed E-state index contributed by atoms with van der Waals surface area (Å²) in [5.41, 5.74) is 11.4. The van der Waals surface area contributed by atoms with Gasteiger partial charge in [0.25, 0.3) is 0 Å². The summed E-state index contributed by atoms with van der Waals surface area (Å²) in [4.78, 5) is 26.3. The van der Waals surface area contributed by atoms with Crippen molar-refractivity contribution in [2.75, 3.05) is 24.5 Å². The number of amides is 2. The summed E-state index contributed by atoms with van der Waals surface area (Å²) in [5, 5.41) is 2.78. The van der Waals surface area contributed by atoms with Crippen molar-refractivity contribution in [1.29, 1.82) is 0 Å². The molecule has 0 radical (unpaired) electrons. The first kappa shape index (κ1) is 18.4. The van der Waals surface area contributed by atoms with Crippen LogP contribution in [0.25, 0.3) is 11.1 Å². The van der Waals surface area contributed by atoms with E-state index in [1.165, 1.54) is 22.3 Å². The first-order chi connectivity index (χ1) is 12.2. The van der Waals surface area contributed by atoms with Gasteiger partial charge in [-0.1, -0.05) is 30.3 Å². The molecule has 0 saturated carbocycles. The Morgan fingerprint density at radius 3 is 2.73 bits per heavy atom. The van der Waals surface area contributed by atoms with Gasteiger partial charge in [0.1, 0.15) is 0 Å². The summed E-state index contributed by atoms with van der Waals surface area (Å²) in [5.74, 6) is -0.386. The Balaban J connectivity index is 0.00000196. The van der Waals surface area contributed by atoms with Crippen LogP contribution in [0.5, 0.6) is 0 Å². The molecule has 1 saturated heterocycles. The molecule has 1 atom stereocenters. The molecule has 2 aromatic rings. The van der Waals surface area contributed by atoms with Gasteiger partial charge in [0, 0.05) is 31.7 Å². The van der Waals surface area contributed by atoms with Gasteiger partial charge >= 0.3 is 0 Å². The van der Waals surface area contributed by atoms with Crippen LogP contribution in [0.2, 0.25) is 0 Å². The molecule has 1 heterocycles. The third-order valence-corrected chi connectivity index (χ3v) is 5.03. The molecule has 6 heteroatoms. The second-order valence-corrected chi connectivity index (χ2v) is 6.66. The molecule has 2 aromatic carbocycles. The lowest BCUT2D eigenvalue weighted by molar-refractivity contribution is -0.126. The summed E-state index contributed by atoms with van der Waals surface area (Å²) in [6.45, 7) is 1.28. The standard InChI is InChI=1S/C20H21N3O2.ClH/c21-7-8-22-20(25)15-11-19(24)23(12-15)16-5-6-18-14(10-16)9-13-3-1-2-4-17(13)18;/h1-6,10,15H,7-9,11-12,21H2,(H,22,25);1H. The van der Waals surface area contributed by atoms with E-state index in [9.17, 15) is 9.59 Å². The van der Waals surface area contributed by atoms with Crippen molar-refractivity contribution in [3.63, 3.8) is 0 Å². The summed E-state index contributed by atoms with van der Waals surface area (Å²) < 4.78 is 0. The van der Waals surface area contributed by atoms with Crippen LogP contribution in [0.3, 0.4) is 0 Å². The largest absolute Gasteiger partial charge is 0.355 e. The third-order valence-electron chi connectivity index (χ3n) is 5.03. The fourth-order valence-electron chi connectivity index (χ4n) is 3.77. The fourth-order valence-corrected chi connectivity index (χ4v) is 3.77. The van der Waals surface area contributed by atoms with Crippen LogP contribution in [0.4, 0.5) is 5.69 Å². The molecule has 1 aliphatic carbocycles. The first-order valence-electron chi connectivity index (χ1n) is 8.66. The molecule has 4 rings (SSSR count). The van der Waals surface area contributed by atoms with E-state index in [-0.39, 0.29) is 36.6 Å². The smallest absolute Gasteiger partial charge is 0.227 e. The summed E-state index contributed by atoms with van der Waals surface area (Å²) in [6.07, 6.45) is 1.15. The Hall–Kier alpha value is -2.37. The number of benzene rings is 2. The van der Waals surface area contributed by atoms with E-state index in [2.05, 4.69) is 41.7 Å². The van der Waals surface area contributed by atoms with Crippen molar-refractivity contribution in [2.45, 2.75) is 12.8 Å². The number of hydrogen-bond donors (Lipinski definition) is 2. The average molecular weight is 372 g/mol. The van der Waals surface area contributed by atoms with Crippen LogP contribution in [-0.2, 0) is 16.0 Å². The third kappa shape index (κ3) is 3.20. The molecule has 0 spiro atoms. The normalized spacial score (nSPS) is 17.5. The van der Waals surface area contributed by atoms with Crippen LogP contribution in [0.15, 0.2) is 42.5 Å². The number of anilines is 1. The zero-order valence-electron chi connectivity index (χ0n) is 14.4. The van der Waals surface area contributed by atoms with Crippen molar-refractivity contribution >= 4 is 29.9 Å². The van der Waals surface area contributed by atoms with Crippen molar-refractivity contribution in [2.24, 2.45) is 11.7 Å². The Bertz CT molecular complexity index is 853. The molecule has 1 unspecified atom stereocenters. The number of nitrogens with two attached hydrogens (primary N) is 1. The number of halogens is 1. The number of carbonyl (C=O) groups excluding carboxylic acids is 2. The van der Waals surface area contributed by atoms with E-state index in [1.54, 1.807) is 4.90 Å². The molecule has 5 nitrogen and oxygen atoms in total. The van der Waals surface area contributed by atoms with E-state index in [4.69, 9.17) is 5.73 Å². The van der Waals surface area contributed by atoms with Gasteiger partial charge in [-0.2, -0.15) is 0 Å². The van der Waals surface area contributed by atoms with Gasteiger partial charge in [-0.15, -0.1) is 12.4 Å². The molecular formula is C20H22ClN3O2. The lowest BCUT2D eigenvalue weighted by atomic mass is 10.1. The van der Waals surface area contributed by atoms with Crippen LogP contribution in [-0.4, -0.2) is 31.4 Å². The predicted octanol–water partition coefficient (Wildman–Crippen LogP) is 2.11. The second-order valence-electron chi connectivity index (χ2n) is 6.66. The molecular weight excluding hydrogens is 350 g/mol. The number of rotatable bonds is 4. The van der Waals surface area contributed by atoms with E-state index < -0.39 is 0 Å². The maximum Gasteiger partial charge on any atom is 0.227 e. The number of fused-ring (bicyclic) bond motifs is 3. The molecule has 1 aliphatic heterocycles. The lowest BCUT2D eigenvalue weighted by Gasteiger charge is -2.18. The highest BCUT2D eigenvalue weighted by Gasteiger charge is 2.35. The van der Waals surface area contributed by atoms with Crippen molar-refractivity contribution < 1.29 is 9.59 Å². The van der Waals surface area contributed by atoms with E-state index in [0.717, 1.165) is 12.1 Å².